The third kappa shape index (κ3) is 4.23. The second kappa shape index (κ2) is 7.07. The van der Waals surface area contributed by atoms with Crippen molar-refractivity contribution in [3.8, 4) is 0 Å². The predicted molar refractivity (Wildman–Crippen MR) is 72.5 cm³/mol. The fraction of sp³-hybridized carbons (Fsp3) is 0.923. The summed E-state index contributed by atoms with van der Waals surface area (Å²) in [5.41, 5.74) is 0. The van der Waals surface area contributed by atoms with Crippen LogP contribution in [-0.4, -0.2) is 63.3 Å². The lowest BCUT2D eigenvalue weighted by Gasteiger charge is -2.28. The number of nitrogens with one attached hydrogen (secondary N) is 2. The van der Waals surface area contributed by atoms with Gasteiger partial charge in [0.1, 0.15) is 0 Å². The van der Waals surface area contributed by atoms with Crippen molar-refractivity contribution in [1.29, 1.82) is 0 Å². The van der Waals surface area contributed by atoms with E-state index in [2.05, 4.69) is 29.4 Å². The molecule has 1 aliphatic rings. The Hall–Kier alpha value is -0.650. The third-order valence-corrected chi connectivity index (χ3v) is 3.66. The maximum atomic E-state index is 12.0. The number of ether oxygens (including phenoxy) is 1. The molecule has 0 bridgehead atoms. The predicted octanol–water partition coefficient (Wildman–Crippen LogP) is 0.0657. The van der Waals surface area contributed by atoms with Gasteiger partial charge < -0.3 is 20.3 Å². The summed E-state index contributed by atoms with van der Waals surface area (Å²) in [6.45, 7) is 5.80. The summed E-state index contributed by atoms with van der Waals surface area (Å²) in [6.07, 6.45) is 0.923. The van der Waals surface area contributed by atoms with Crippen LogP contribution in [0.5, 0.6) is 0 Å². The van der Waals surface area contributed by atoms with Crippen molar-refractivity contribution in [3.63, 3.8) is 0 Å². The van der Waals surface area contributed by atoms with Crippen molar-refractivity contribution in [2.24, 2.45) is 5.92 Å². The van der Waals surface area contributed by atoms with Crippen LogP contribution < -0.4 is 10.6 Å². The van der Waals surface area contributed by atoms with Gasteiger partial charge in [0.2, 0.25) is 5.91 Å². The lowest BCUT2D eigenvalue weighted by atomic mass is 10.0. The topological polar surface area (TPSA) is 53.6 Å². The van der Waals surface area contributed by atoms with Crippen LogP contribution in [0, 0.1) is 5.92 Å². The first-order valence-electron chi connectivity index (χ1n) is 6.66. The molecule has 3 unspecified atom stereocenters. The summed E-state index contributed by atoms with van der Waals surface area (Å²) in [5, 5.41) is 6.22. The van der Waals surface area contributed by atoms with Crippen molar-refractivity contribution >= 4 is 5.91 Å². The van der Waals surface area contributed by atoms with Crippen molar-refractivity contribution < 1.29 is 9.53 Å². The Morgan fingerprint density at radius 2 is 2.17 bits per heavy atom. The molecule has 0 radical (unpaired) electrons. The van der Waals surface area contributed by atoms with Crippen molar-refractivity contribution in [3.05, 3.63) is 0 Å². The normalized spacial score (nSPS) is 25.7. The van der Waals surface area contributed by atoms with E-state index in [9.17, 15) is 4.79 Å². The monoisotopic (exact) mass is 257 g/mol. The summed E-state index contributed by atoms with van der Waals surface area (Å²) in [5.74, 6) is 0.602. The fourth-order valence-corrected chi connectivity index (χ4v) is 2.43. The van der Waals surface area contributed by atoms with Crippen LogP contribution in [0.4, 0.5) is 0 Å². The zero-order valence-corrected chi connectivity index (χ0v) is 12.2. The van der Waals surface area contributed by atoms with E-state index in [1.54, 1.807) is 7.11 Å². The highest BCUT2D eigenvalue weighted by molar-refractivity contribution is 5.82. The zero-order valence-electron chi connectivity index (χ0n) is 12.2. The smallest absolute Gasteiger partial charge is 0.237 e. The van der Waals surface area contributed by atoms with Gasteiger partial charge in [-0.2, -0.15) is 0 Å². The molecule has 0 spiro atoms. The average molecular weight is 257 g/mol. The minimum atomic E-state index is -0.107. The summed E-state index contributed by atoms with van der Waals surface area (Å²) in [4.78, 5) is 14.2. The first-order valence-corrected chi connectivity index (χ1v) is 6.66. The standard InChI is InChI=1S/C13H27N3O2/c1-9(2)12(16(3)4)8-15-13(17)11-6-10(18-5)7-14-11/h9-12,14H,6-8H2,1-5H3,(H,15,17). The van der Waals surface area contributed by atoms with E-state index in [-0.39, 0.29) is 18.1 Å². The summed E-state index contributed by atoms with van der Waals surface area (Å²) in [6, 6.07) is 0.262. The molecule has 1 aliphatic heterocycles. The van der Waals surface area contributed by atoms with Crippen LogP contribution in [0.1, 0.15) is 20.3 Å². The summed E-state index contributed by atoms with van der Waals surface area (Å²) >= 11 is 0. The van der Waals surface area contributed by atoms with Gasteiger partial charge in [0.05, 0.1) is 12.1 Å². The first kappa shape index (κ1) is 15.4. The molecule has 2 N–H and O–H groups in total. The van der Waals surface area contributed by atoms with Crippen LogP contribution in [0.3, 0.4) is 0 Å². The van der Waals surface area contributed by atoms with Crippen molar-refractivity contribution in [2.45, 2.75) is 38.5 Å². The van der Waals surface area contributed by atoms with E-state index in [0.717, 1.165) is 13.0 Å². The van der Waals surface area contributed by atoms with Crippen LogP contribution in [0.2, 0.25) is 0 Å². The Bertz CT molecular complexity index is 261. The molecule has 18 heavy (non-hydrogen) atoms. The second-order valence-electron chi connectivity index (χ2n) is 5.57. The summed E-state index contributed by atoms with van der Waals surface area (Å²) < 4.78 is 5.24. The van der Waals surface area contributed by atoms with Crippen LogP contribution in [0.25, 0.3) is 0 Å². The molecule has 5 heteroatoms. The van der Waals surface area contributed by atoms with Gasteiger partial charge in [0, 0.05) is 26.2 Å². The molecule has 1 amide bonds. The minimum absolute atomic E-state index is 0.0852. The molecule has 0 aromatic heterocycles. The zero-order chi connectivity index (χ0) is 13.7. The van der Waals surface area contributed by atoms with Crippen LogP contribution in [0.15, 0.2) is 0 Å². The minimum Gasteiger partial charge on any atom is -0.380 e. The van der Waals surface area contributed by atoms with Crippen LogP contribution >= 0.6 is 0 Å². The molecule has 0 saturated carbocycles. The molecule has 1 fully saturated rings. The molecule has 0 aliphatic carbocycles. The van der Waals surface area contributed by atoms with Crippen LogP contribution in [-0.2, 0) is 9.53 Å². The van der Waals surface area contributed by atoms with Gasteiger partial charge in [-0.15, -0.1) is 0 Å². The number of nitrogens with zero attached hydrogens (tertiary/aromatic N) is 1. The van der Waals surface area contributed by atoms with Crippen molar-refractivity contribution in [2.75, 3.05) is 34.3 Å². The highest BCUT2D eigenvalue weighted by atomic mass is 16.5. The molecule has 1 rings (SSSR count). The number of rotatable bonds is 6. The Balaban J connectivity index is 2.36. The summed E-state index contributed by atoms with van der Waals surface area (Å²) in [7, 11) is 5.78. The molecule has 1 heterocycles. The molecule has 0 aromatic carbocycles. The number of methoxy groups -OCH3 is 1. The SMILES string of the molecule is COC1CNC(C(=O)NCC(C(C)C)N(C)C)C1. The van der Waals surface area contributed by atoms with Gasteiger partial charge in [-0.25, -0.2) is 0 Å². The number of carbonyl (C=O) groups excluding carboxylic acids is 1. The van der Waals surface area contributed by atoms with E-state index in [4.69, 9.17) is 4.74 Å². The van der Waals surface area contributed by atoms with E-state index < -0.39 is 0 Å². The number of hydrogen-bond donors (Lipinski definition) is 2. The Morgan fingerprint density at radius 1 is 1.50 bits per heavy atom. The first-order chi connectivity index (χ1) is 8.45. The molecule has 5 nitrogen and oxygen atoms in total. The largest absolute Gasteiger partial charge is 0.380 e. The lowest BCUT2D eigenvalue weighted by molar-refractivity contribution is -0.123. The van der Waals surface area contributed by atoms with E-state index in [1.807, 2.05) is 14.1 Å². The number of likely N-dealkylation sites (N-methyl/N-ethyl adjacent to an activating group) is 1. The number of amides is 1. The van der Waals surface area contributed by atoms with Crippen molar-refractivity contribution in [1.82, 2.24) is 15.5 Å². The van der Waals surface area contributed by atoms with Gasteiger partial charge in [-0.1, -0.05) is 13.8 Å². The fourth-order valence-electron chi connectivity index (χ4n) is 2.43. The average Bonchev–Trinajstić information content (AvgIpc) is 2.76. The number of hydrogen-bond acceptors (Lipinski definition) is 4. The Kier molecular flexibility index (Phi) is 6.05. The molecule has 3 atom stereocenters. The number of carbonyl (C=O) groups is 1. The third-order valence-electron chi connectivity index (χ3n) is 3.66. The highest BCUT2D eigenvalue weighted by Gasteiger charge is 2.29. The molecular formula is C13H27N3O2. The Morgan fingerprint density at radius 3 is 2.61 bits per heavy atom. The van der Waals surface area contributed by atoms with E-state index >= 15 is 0 Å². The molecular weight excluding hydrogens is 230 g/mol. The quantitative estimate of drug-likeness (QED) is 0.707. The maximum Gasteiger partial charge on any atom is 0.237 e. The van der Waals surface area contributed by atoms with E-state index in [1.165, 1.54) is 0 Å². The highest BCUT2D eigenvalue weighted by Crippen LogP contribution is 2.10. The maximum absolute atomic E-state index is 12.0. The van der Waals surface area contributed by atoms with Gasteiger partial charge >= 0.3 is 0 Å². The Labute approximate surface area is 110 Å². The molecule has 106 valence electrons. The van der Waals surface area contributed by atoms with Gasteiger partial charge in [-0.3, -0.25) is 4.79 Å². The molecule has 1 saturated heterocycles. The molecule has 0 aromatic rings. The van der Waals surface area contributed by atoms with Gasteiger partial charge in [0.25, 0.3) is 0 Å². The van der Waals surface area contributed by atoms with Gasteiger partial charge in [0.15, 0.2) is 0 Å². The van der Waals surface area contributed by atoms with E-state index in [0.29, 0.717) is 18.5 Å². The van der Waals surface area contributed by atoms with Gasteiger partial charge in [-0.05, 0) is 26.4 Å². The second-order valence-corrected chi connectivity index (χ2v) is 5.57. The lowest BCUT2D eigenvalue weighted by Crippen LogP contribution is -2.47.